The quantitative estimate of drug-likeness (QED) is 0.0603. The van der Waals surface area contributed by atoms with E-state index in [2.05, 4.69) is 13.8 Å². The van der Waals surface area contributed by atoms with Gasteiger partial charge in [-0.25, -0.2) is 0 Å². The molecule has 0 aliphatic carbocycles. The average molecular weight is 840 g/mol. The van der Waals surface area contributed by atoms with Gasteiger partial charge in [0.25, 0.3) is 5.69 Å². The molecule has 332 valence electrons. The lowest BCUT2D eigenvalue weighted by molar-refractivity contribution is -0.385. The molecule has 4 rings (SSSR count). The monoisotopic (exact) mass is 839 g/mol. The number of hydrogen-bond donors (Lipinski definition) is 2. The summed E-state index contributed by atoms with van der Waals surface area (Å²) in [6, 6.07) is 28.8. The standard InChI is InChI=1S/C33H41NO6.C18H28O3/c1-7-33(6,31(36)40-32(3,4)5)21-27(25-12-16-28(35)17-13-25)20-23(2)24-14-18-29(19-15-24)39-22-26-10-8-9-11-30(26)34(37)38;1-7-18(6,16(20)21-17(3,4)5)12-13(2)14-8-10-15(19)11-9-14/h8-19,23,27,35H,7,20-22H2,1-6H3;8-11,13,19H,7,12H2,1-6H3. The Balaban J connectivity index is 0.000000398. The Kier molecular flexibility index (Phi) is 17.6. The number of phenols is 2. The molecule has 10 nitrogen and oxygen atoms in total. The third kappa shape index (κ3) is 15.5. The molecule has 0 aliphatic rings. The van der Waals surface area contributed by atoms with Crippen LogP contribution in [0, 0.1) is 20.9 Å². The summed E-state index contributed by atoms with van der Waals surface area (Å²) in [4.78, 5) is 36.6. The Morgan fingerprint density at radius 3 is 1.51 bits per heavy atom. The number of nitro groups is 1. The first-order valence-electron chi connectivity index (χ1n) is 21.4. The van der Waals surface area contributed by atoms with Crippen molar-refractivity contribution in [1.82, 2.24) is 0 Å². The van der Waals surface area contributed by atoms with E-state index < -0.39 is 27.0 Å². The van der Waals surface area contributed by atoms with Crippen LogP contribution >= 0.6 is 0 Å². The van der Waals surface area contributed by atoms with Gasteiger partial charge in [-0.2, -0.15) is 0 Å². The number of carbonyl (C=O) groups excluding carboxylic acids is 2. The van der Waals surface area contributed by atoms with Crippen molar-refractivity contribution in [3.8, 4) is 17.2 Å². The zero-order valence-electron chi connectivity index (χ0n) is 38.4. The van der Waals surface area contributed by atoms with Gasteiger partial charge < -0.3 is 24.4 Å². The van der Waals surface area contributed by atoms with Crippen molar-refractivity contribution < 1.29 is 38.9 Å². The Labute approximate surface area is 363 Å². The van der Waals surface area contributed by atoms with Crippen molar-refractivity contribution in [3.05, 3.63) is 129 Å². The van der Waals surface area contributed by atoms with Gasteiger partial charge in [-0.3, -0.25) is 19.7 Å². The molecule has 0 bridgehead atoms. The number of rotatable bonds is 17. The number of phenolic OH excluding ortho intramolecular Hbond substituents is 2. The molecule has 4 aromatic carbocycles. The molecule has 2 N–H and O–H groups in total. The molecule has 0 heterocycles. The predicted molar refractivity (Wildman–Crippen MR) is 242 cm³/mol. The number of para-hydroxylation sites is 1. The van der Waals surface area contributed by atoms with Crippen molar-refractivity contribution >= 4 is 17.6 Å². The normalized spacial score (nSPS) is 15.1. The lowest BCUT2D eigenvalue weighted by Gasteiger charge is -2.34. The summed E-state index contributed by atoms with van der Waals surface area (Å²) in [6.07, 6.45) is 3.52. The lowest BCUT2D eigenvalue weighted by Crippen LogP contribution is -2.36. The van der Waals surface area contributed by atoms with Crippen molar-refractivity contribution in [3.63, 3.8) is 0 Å². The molecule has 0 radical (unpaired) electrons. The highest BCUT2D eigenvalue weighted by atomic mass is 16.6. The summed E-state index contributed by atoms with van der Waals surface area (Å²) in [6.45, 7) is 23.7. The van der Waals surface area contributed by atoms with Crippen molar-refractivity contribution in [1.29, 1.82) is 0 Å². The highest BCUT2D eigenvalue weighted by molar-refractivity contribution is 5.77. The van der Waals surface area contributed by atoms with Gasteiger partial charge in [0.05, 0.1) is 21.3 Å². The SMILES string of the molecule is CCC(C)(CC(C)c1ccc(O)cc1)C(=O)OC(C)(C)C.CCC(C)(CC(CC(C)c1ccc(OCc2ccccc2[N+](=O)[O-])cc1)c1ccc(O)cc1)C(=O)OC(C)(C)C. The number of aromatic hydroxyl groups is 2. The Morgan fingerprint density at radius 2 is 1.05 bits per heavy atom. The summed E-state index contributed by atoms with van der Waals surface area (Å²) >= 11 is 0. The molecule has 5 atom stereocenters. The molecule has 61 heavy (non-hydrogen) atoms. The first-order valence-corrected chi connectivity index (χ1v) is 21.4. The third-order valence-electron chi connectivity index (χ3n) is 11.3. The Hall–Kier alpha value is -5.38. The fraction of sp³-hybridized carbons (Fsp3) is 0.490. The largest absolute Gasteiger partial charge is 0.508 e. The smallest absolute Gasteiger partial charge is 0.312 e. The molecular weight excluding hydrogens is 771 g/mol. The predicted octanol–water partition coefficient (Wildman–Crippen LogP) is 12.9. The number of hydrogen-bond acceptors (Lipinski definition) is 9. The first kappa shape index (κ1) is 50.0. The molecule has 10 heteroatoms. The van der Waals surface area contributed by atoms with E-state index in [-0.39, 0.29) is 53.5 Å². The van der Waals surface area contributed by atoms with Crippen LogP contribution < -0.4 is 4.74 Å². The highest BCUT2D eigenvalue weighted by Gasteiger charge is 2.39. The number of nitro benzene ring substituents is 1. The van der Waals surface area contributed by atoms with Gasteiger partial charge in [0, 0.05) is 6.07 Å². The van der Waals surface area contributed by atoms with Crippen molar-refractivity contribution in [2.45, 2.75) is 151 Å². The lowest BCUT2D eigenvalue weighted by atomic mass is 9.73. The van der Waals surface area contributed by atoms with Gasteiger partial charge in [0.15, 0.2) is 0 Å². The van der Waals surface area contributed by atoms with Gasteiger partial charge in [0.2, 0.25) is 0 Å². The minimum absolute atomic E-state index is 0.0403. The van der Waals surface area contributed by atoms with Crippen LogP contribution in [0.1, 0.15) is 155 Å². The molecule has 4 aromatic rings. The van der Waals surface area contributed by atoms with Crippen molar-refractivity contribution in [2.24, 2.45) is 10.8 Å². The number of carbonyl (C=O) groups is 2. The molecule has 0 fully saturated rings. The van der Waals surface area contributed by atoms with Crippen LogP contribution in [0.15, 0.2) is 97.1 Å². The van der Waals surface area contributed by atoms with E-state index in [1.165, 1.54) is 6.07 Å². The summed E-state index contributed by atoms with van der Waals surface area (Å²) in [5, 5.41) is 30.5. The molecule has 0 amide bonds. The summed E-state index contributed by atoms with van der Waals surface area (Å²) in [5.74, 6) is 1.22. The minimum Gasteiger partial charge on any atom is -0.508 e. The Bertz CT molecular complexity index is 2010. The van der Waals surface area contributed by atoms with E-state index in [0.29, 0.717) is 24.2 Å². The van der Waals surface area contributed by atoms with Gasteiger partial charge in [-0.1, -0.05) is 76.2 Å². The fourth-order valence-electron chi connectivity index (χ4n) is 7.20. The van der Waals surface area contributed by atoms with E-state index in [1.807, 2.05) is 118 Å². The van der Waals surface area contributed by atoms with Crippen LogP contribution in [0.3, 0.4) is 0 Å². The first-order chi connectivity index (χ1) is 28.4. The van der Waals surface area contributed by atoms with Crippen LogP contribution in [-0.2, 0) is 25.7 Å². The maximum absolute atomic E-state index is 13.2. The van der Waals surface area contributed by atoms with E-state index in [9.17, 15) is 29.9 Å². The summed E-state index contributed by atoms with van der Waals surface area (Å²) < 4.78 is 17.2. The van der Waals surface area contributed by atoms with E-state index >= 15 is 0 Å². The van der Waals surface area contributed by atoms with E-state index in [0.717, 1.165) is 36.0 Å². The second-order valence-electron chi connectivity index (χ2n) is 18.9. The summed E-state index contributed by atoms with van der Waals surface area (Å²) in [7, 11) is 0. The molecule has 0 saturated heterocycles. The second kappa shape index (κ2) is 21.4. The summed E-state index contributed by atoms with van der Waals surface area (Å²) in [5.41, 5.74) is 1.69. The zero-order valence-corrected chi connectivity index (χ0v) is 38.4. The maximum atomic E-state index is 13.2. The van der Waals surface area contributed by atoms with Crippen molar-refractivity contribution in [2.75, 3.05) is 0 Å². The highest BCUT2D eigenvalue weighted by Crippen LogP contribution is 2.42. The Morgan fingerprint density at radius 1 is 0.623 bits per heavy atom. The van der Waals surface area contributed by atoms with Crippen LogP contribution in [0.5, 0.6) is 17.2 Å². The van der Waals surface area contributed by atoms with Crippen LogP contribution in [0.25, 0.3) is 0 Å². The molecule has 0 spiro atoms. The van der Waals surface area contributed by atoms with Gasteiger partial charge in [0.1, 0.15) is 35.1 Å². The molecule has 0 aliphatic heterocycles. The van der Waals surface area contributed by atoms with Crippen LogP contribution in [-0.4, -0.2) is 38.3 Å². The fourth-order valence-corrected chi connectivity index (χ4v) is 7.20. The van der Waals surface area contributed by atoms with Gasteiger partial charge >= 0.3 is 11.9 Å². The number of nitrogens with zero attached hydrogens (tertiary/aromatic N) is 1. The van der Waals surface area contributed by atoms with E-state index in [1.54, 1.807) is 42.5 Å². The molecule has 0 aromatic heterocycles. The average Bonchev–Trinajstić information content (AvgIpc) is 3.19. The number of benzene rings is 4. The molecular formula is C51H69NO9. The van der Waals surface area contributed by atoms with Gasteiger partial charge in [-0.05, 0) is 164 Å². The van der Waals surface area contributed by atoms with E-state index in [4.69, 9.17) is 14.2 Å². The van der Waals surface area contributed by atoms with Crippen LogP contribution in [0.2, 0.25) is 0 Å². The number of ether oxygens (including phenoxy) is 3. The maximum Gasteiger partial charge on any atom is 0.312 e. The molecule has 0 saturated carbocycles. The zero-order chi connectivity index (χ0) is 45.8. The molecule has 5 unspecified atom stereocenters. The van der Waals surface area contributed by atoms with Crippen LogP contribution in [0.4, 0.5) is 5.69 Å². The third-order valence-corrected chi connectivity index (χ3v) is 11.3. The number of esters is 2. The topological polar surface area (TPSA) is 145 Å². The second-order valence-corrected chi connectivity index (χ2v) is 18.9. The minimum atomic E-state index is -0.659. The van der Waals surface area contributed by atoms with Gasteiger partial charge in [-0.15, -0.1) is 0 Å².